The lowest BCUT2D eigenvalue weighted by molar-refractivity contribution is 0.102. The Balaban J connectivity index is 1.79. The maximum absolute atomic E-state index is 12.7. The number of nitrogen functional groups attached to an aromatic ring is 1. The number of carbonyl (C=O) groups is 1. The molecule has 1 aromatic carbocycles. The van der Waals surface area contributed by atoms with Gasteiger partial charge in [0.2, 0.25) is 0 Å². The number of benzene rings is 1. The Bertz CT molecular complexity index is 1150. The second-order valence-corrected chi connectivity index (χ2v) is 6.46. The van der Waals surface area contributed by atoms with Gasteiger partial charge in [0.15, 0.2) is 5.65 Å². The van der Waals surface area contributed by atoms with E-state index in [0.717, 1.165) is 11.3 Å². The topological polar surface area (TPSA) is 98.2 Å². The molecule has 3 aromatic heterocycles. The molecule has 1 amide bonds. The highest BCUT2D eigenvalue weighted by atomic mass is 35.5. The molecular formula is C19H15ClN6O. The summed E-state index contributed by atoms with van der Waals surface area (Å²) in [5.74, 6) is 0.0165. The molecule has 0 aliphatic heterocycles. The molecule has 3 heterocycles. The summed E-state index contributed by atoms with van der Waals surface area (Å²) >= 11 is 6.12. The van der Waals surface area contributed by atoms with Gasteiger partial charge in [0.1, 0.15) is 17.2 Å². The standard InChI is InChI=1S/C19H15ClN6O/c1-11-9-26-10-15(19(27)24-14-5-6-16(21)22-8-14)25-17(18(26)23-11)12-3-2-4-13(20)7-12/h2-10H,1H3,(H2,21,22)(H,24,27). The van der Waals surface area contributed by atoms with Gasteiger partial charge in [-0.3, -0.25) is 4.79 Å². The number of pyridine rings is 1. The first-order valence-corrected chi connectivity index (χ1v) is 8.52. The minimum atomic E-state index is -0.363. The number of nitrogens with one attached hydrogen (secondary N) is 1. The predicted octanol–water partition coefficient (Wildman–Crippen LogP) is 3.59. The molecule has 0 radical (unpaired) electrons. The average Bonchev–Trinajstić information content (AvgIpc) is 3.02. The summed E-state index contributed by atoms with van der Waals surface area (Å²) in [6.07, 6.45) is 4.97. The summed E-state index contributed by atoms with van der Waals surface area (Å²) in [7, 11) is 0. The largest absolute Gasteiger partial charge is 0.384 e. The number of aromatic nitrogens is 4. The van der Waals surface area contributed by atoms with E-state index >= 15 is 0 Å². The number of nitrogens with zero attached hydrogens (tertiary/aromatic N) is 4. The minimum absolute atomic E-state index is 0.242. The number of rotatable bonds is 3. The van der Waals surface area contributed by atoms with Crippen LogP contribution in [0.3, 0.4) is 0 Å². The van der Waals surface area contributed by atoms with Crippen molar-refractivity contribution >= 4 is 34.7 Å². The van der Waals surface area contributed by atoms with E-state index < -0.39 is 0 Å². The Labute approximate surface area is 159 Å². The smallest absolute Gasteiger partial charge is 0.275 e. The first-order valence-electron chi connectivity index (χ1n) is 8.15. The Kier molecular flexibility index (Phi) is 4.21. The van der Waals surface area contributed by atoms with Crippen LogP contribution in [0.2, 0.25) is 5.02 Å². The lowest BCUT2D eigenvalue weighted by Crippen LogP contribution is -2.15. The van der Waals surface area contributed by atoms with Crippen LogP contribution in [0.25, 0.3) is 16.9 Å². The van der Waals surface area contributed by atoms with Crippen LogP contribution in [-0.4, -0.2) is 25.3 Å². The zero-order valence-electron chi connectivity index (χ0n) is 14.3. The average molecular weight is 379 g/mol. The van der Waals surface area contributed by atoms with Crippen LogP contribution in [0.15, 0.2) is 55.0 Å². The van der Waals surface area contributed by atoms with E-state index in [-0.39, 0.29) is 11.6 Å². The summed E-state index contributed by atoms with van der Waals surface area (Å²) in [4.78, 5) is 25.7. The van der Waals surface area contributed by atoms with Gasteiger partial charge >= 0.3 is 0 Å². The molecule has 4 rings (SSSR count). The van der Waals surface area contributed by atoms with E-state index in [1.165, 1.54) is 6.20 Å². The molecule has 134 valence electrons. The number of fused-ring (bicyclic) bond motifs is 1. The van der Waals surface area contributed by atoms with E-state index in [2.05, 4.69) is 20.3 Å². The molecule has 0 saturated heterocycles. The van der Waals surface area contributed by atoms with Crippen LogP contribution >= 0.6 is 11.6 Å². The number of hydrogen-bond acceptors (Lipinski definition) is 5. The highest BCUT2D eigenvalue weighted by molar-refractivity contribution is 6.30. The molecule has 8 heteroatoms. The first-order chi connectivity index (χ1) is 13.0. The number of amides is 1. The van der Waals surface area contributed by atoms with E-state index in [1.54, 1.807) is 34.9 Å². The fourth-order valence-corrected chi connectivity index (χ4v) is 2.92. The molecule has 0 unspecified atom stereocenters. The van der Waals surface area contributed by atoms with E-state index in [1.807, 2.05) is 25.3 Å². The van der Waals surface area contributed by atoms with Gasteiger partial charge in [0.25, 0.3) is 5.91 Å². The number of halogens is 1. The lowest BCUT2D eigenvalue weighted by atomic mass is 10.1. The molecule has 7 nitrogen and oxygen atoms in total. The number of anilines is 2. The second kappa shape index (κ2) is 6.69. The van der Waals surface area contributed by atoms with Gasteiger partial charge in [0, 0.05) is 23.0 Å². The summed E-state index contributed by atoms with van der Waals surface area (Å²) in [6.45, 7) is 1.88. The van der Waals surface area contributed by atoms with Gasteiger partial charge in [-0.2, -0.15) is 0 Å². The Hall–Kier alpha value is -3.45. The molecular weight excluding hydrogens is 364 g/mol. The molecule has 0 atom stereocenters. The first kappa shape index (κ1) is 17.0. The monoisotopic (exact) mass is 378 g/mol. The number of hydrogen-bond donors (Lipinski definition) is 2. The molecule has 27 heavy (non-hydrogen) atoms. The predicted molar refractivity (Wildman–Crippen MR) is 105 cm³/mol. The number of imidazole rings is 1. The van der Waals surface area contributed by atoms with Crippen molar-refractivity contribution in [2.24, 2.45) is 0 Å². The van der Waals surface area contributed by atoms with Crippen molar-refractivity contribution in [1.29, 1.82) is 0 Å². The van der Waals surface area contributed by atoms with Gasteiger partial charge in [-0.1, -0.05) is 23.7 Å². The van der Waals surface area contributed by atoms with Crippen LogP contribution in [-0.2, 0) is 0 Å². The molecule has 0 fully saturated rings. The van der Waals surface area contributed by atoms with Crippen LogP contribution in [0.1, 0.15) is 16.2 Å². The molecule has 0 aliphatic rings. The number of carbonyl (C=O) groups excluding carboxylic acids is 1. The van der Waals surface area contributed by atoms with Gasteiger partial charge in [-0.25, -0.2) is 15.0 Å². The third-order valence-electron chi connectivity index (χ3n) is 3.93. The van der Waals surface area contributed by atoms with E-state index in [9.17, 15) is 4.79 Å². The van der Waals surface area contributed by atoms with Crippen molar-refractivity contribution in [2.75, 3.05) is 11.1 Å². The zero-order chi connectivity index (χ0) is 19.0. The van der Waals surface area contributed by atoms with Gasteiger partial charge in [-0.05, 0) is 31.2 Å². The van der Waals surface area contributed by atoms with E-state index in [4.69, 9.17) is 17.3 Å². The van der Waals surface area contributed by atoms with Crippen molar-refractivity contribution < 1.29 is 4.79 Å². The van der Waals surface area contributed by atoms with E-state index in [0.29, 0.717) is 27.9 Å². The SMILES string of the molecule is Cc1cn2cc(C(=O)Nc3ccc(N)nc3)nc(-c3cccc(Cl)c3)c2n1. The molecule has 0 saturated carbocycles. The molecule has 3 N–H and O–H groups in total. The third-order valence-corrected chi connectivity index (χ3v) is 4.17. The minimum Gasteiger partial charge on any atom is -0.384 e. The van der Waals surface area contributed by atoms with Gasteiger partial charge < -0.3 is 15.5 Å². The Morgan fingerprint density at radius 2 is 2.04 bits per heavy atom. The van der Waals surface area contributed by atoms with Gasteiger partial charge in [-0.15, -0.1) is 0 Å². The molecule has 0 aliphatic carbocycles. The van der Waals surface area contributed by atoms with Crippen molar-refractivity contribution in [2.45, 2.75) is 6.92 Å². The van der Waals surface area contributed by atoms with Crippen LogP contribution < -0.4 is 11.1 Å². The van der Waals surface area contributed by atoms with Crippen LogP contribution in [0.4, 0.5) is 11.5 Å². The number of aryl methyl sites for hydroxylation is 1. The third kappa shape index (κ3) is 3.45. The van der Waals surface area contributed by atoms with Gasteiger partial charge in [0.05, 0.1) is 17.6 Å². The zero-order valence-corrected chi connectivity index (χ0v) is 15.1. The number of nitrogens with two attached hydrogens (primary N) is 1. The highest BCUT2D eigenvalue weighted by Crippen LogP contribution is 2.25. The van der Waals surface area contributed by atoms with Crippen LogP contribution in [0, 0.1) is 6.92 Å². The fourth-order valence-electron chi connectivity index (χ4n) is 2.73. The molecule has 0 bridgehead atoms. The quantitative estimate of drug-likeness (QED) is 0.567. The van der Waals surface area contributed by atoms with Crippen molar-refractivity contribution in [3.8, 4) is 11.3 Å². The summed E-state index contributed by atoms with van der Waals surface area (Å²) in [5, 5.41) is 3.35. The second-order valence-electron chi connectivity index (χ2n) is 6.02. The molecule has 4 aromatic rings. The summed E-state index contributed by atoms with van der Waals surface area (Å²) < 4.78 is 1.79. The maximum Gasteiger partial charge on any atom is 0.275 e. The Morgan fingerprint density at radius 3 is 2.78 bits per heavy atom. The van der Waals surface area contributed by atoms with Crippen LogP contribution in [0.5, 0.6) is 0 Å². The summed E-state index contributed by atoms with van der Waals surface area (Å²) in [5.41, 5.74) is 9.17. The van der Waals surface area contributed by atoms with Crippen molar-refractivity contribution in [3.05, 3.63) is 71.4 Å². The fraction of sp³-hybridized carbons (Fsp3) is 0.0526. The van der Waals surface area contributed by atoms with Crippen molar-refractivity contribution in [3.63, 3.8) is 0 Å². The normalized spacial score (nSPS) is 10.9. The summed E-state index contributed by atoms with van der Waals surface area (Å²) in [6, 6.07) is 10.6. The Morgan fingerprint density at radius 1 is 1.19 bits per heavy atom. The lowest BCUT2D eigenvalue weighted by Gasteiger charge is -2.09. The maximum atomic E-state index is 12.7. The van der Waals surface area contributed by atoms with Crippen molar-refractivity contribution in [1.82, 2.24) is 19.4 Å². The highest BCUT2D eigenvalue weighted by Gasteiger charge is 2.16. The molecule has 0 spiro atoms.